The molecule has 0 bridgehead atoms. The normalized spacial score (nSPS) is 32.5. The summed E-state index contributed by atoms with van der Waals surface area (Å²) in [5.74, 6) is 1.01. The second-order valence-corrected chi connectivity index (χ2v) is 3.84. The molecule has 0 aromatic carbocycles. The summed E-state index contributed by atoms with van der Waals surface area (Å²) < 4.78 is 0. The summed E-state index contributed by atoms with van der Waals surface area (Å²) >= 11 is 1.73. The van der Waals surface area contributed by atoms with Crippen LogP contribution in [0, 0.1) is 0 Å². The zero-order valence-electron chi connectivity index (χ0n) is 5.67. The summed E-state index contributed by atoms with van der Waals surface area (Å²) in [4.78, 5) is 10.3. The average Bonchev–Trinajstić information content (AvgIpc) is 2.12. The van der Waals surface area contributed by atoms with Crippen molar-refractivity contribution in [1.82, 2.24) is 0 Å². The van der Waals surface area contributed by atoms with Gasteiger partial charge in [-0.2, -0.15) is 11.8 Å². The monoisotopic (exact) mass is 161 g/mol. The molecule has 0 radical (unpaired) electrons. The molecule has 1 atom stereocenters. The van der Waals surface area contributed by atoms with Crippen LogP contribution in [0.15, 0.2) is 0 Å². The highest BCUT2D eigenvalue weighted by atomic mass is 32.2. The van der Waals surface area contributed by atoms with E-state index >= 15 is 0 Å². The third kappa shape index (κ3) is 1.88. The highest BCUT2D eigenvalue weighted by molar-refractivity contribution is 7.99. The number of aliphatic carboxylic acids is 1. The summed E-state index contributed by atoms with van der Waals surface area (Å²) in [5.41, 5.74) is 5.34. The Kier molecular flexibility index (Phi) is 2.21. The van der Waals surface area contributed by atoms with Crippen molar-refractivity contribution in [3.63, 3.8) is 0 Å². The van der Waals surface area contributed by atoms with Gasteiger partial charge in [0.15, 0.2) is 0 Å². The van der Waals surface area contributed by atoms with Gasteiger partial charge in [0.2, 0.25) is 0 Å². The quantitative estimate of drug-likeness (QED) is 0.611. The summed E-state index contributed by atoms with van der Waals surface area (Å²) in [5, 5.41) is 8.45. The summed E-state index contributed by atoms with van der Waals surface area (Å²) in [6, 6.07) is 0. The molecular formula is C6H11NO2S. The Morgan fingerprint density at radius 1 is 1.80 bits per heavy atom. The fourth-order valence-electron chi connectivity index (χ4n) is 1.06. The number of carbonyl (C=O) groups is 1. The van der Waals surface area contributed by atoms with Gasteiger partial charge in [-0.15, -0.1) is 0 Å². The van der Waals surface area contributed by atoms with Crippen LogP contribution in [-0.2, 0) is 4.79 Å². The molecule has 10 heavy (non-hydrogen) atoms. The van der Waals surface area contributed by atoms with E-state index in [1.165, 1.54) is 0 Å². The van der Waals surface area contributed by atoms with E-state index in [0.29, 0.717) is 0 Å². The zero-order valence-corrected chi connectivity index (χ0v) is 6.49. The number of carboxylic acids is 1. The summed E-state index contributed by atoms with van der Waals surface area (Å²) in [7, 11) is 0. The molecule has 58 valence electrons. The molecule has 1 aliphatic rings. The Hall–Kier alpha value is -0.220. The molecule has 3 N–H and O–H groups in total. The fourth-order valence-corrected chi connectivity index (χ4v) is 2.41. The molecule has 0 aromatic heterocycles. The maximum atomic E-state index is 10.3. The molecule has 1 unspecified atom stereocenters. The van der Waals surface area contributed by atoms with E-state index in [2.05, 4.69) is 0 Å². The third-order valence-corrected chi connectivity index (χ3v) is 2.91. The molecule has 1 fully saturated rings. The lowest BCUT2D eigenvalue weighted by Crippen LogP contribution is -2.41. The molecule has 0 aromatic rings. The fraction of sp³-hybridized carbons (Fsp3) is 0.833. The van der Waals surface area contributed by atoms with Crippen LogP contribution in [0.25, 0.3) is 0 Å². The zero-order chi connectivity index (χ0) is 7.61. The first kappa shape index (κ1) is 7.88. The van der Waals surface area contributed by atoms with E-state index in [1.54, 1.807) is 11.8 Å². The van der Waals surface area contributed by atoms with Crippen LogP contribution in [0.2, 0.25) is 0 Å². The van der Waals surface area contributed by atoms with Gasteiger partial charge in [0.05, 0.1) is 6.42 Å². The van der Waals surface area contributed by atoms with Crippen molar-refractivity contribution in [2.45, 2.75) is 18.4 Å². The average molecular weight is 161 g/mol. The maximum Gasteiger partial charge on any atom is 0.305 e. The number of hydrogen-bond donors (Lipinski definition) is 2. The first-order valence-corrected chi connectivity index (χ1v) is 4.36. The maximum absolute atomic E-state index is 10.3. The van der Waals surface area contributed by atoms with Gasteiger partial charge in [0.1, 0.15) is 0 Å². The van der Waals surface area contributed by atoms with Crippen LogP contribution in [0.5, 0.6) is 0 Å². The van der Waals surface area contributed by atoms with Gasteiger partial charge in [0.25, 0.3) is 0 Å². The number of nitrogens with two attached hydrogens (primary N) is 1. The van der Waals surface area contributed by atoms with Gasteiger partial charge < -0.3 is 10.8 Å². The number of hydrogen-bond acceptors (Lipinski definition) is 3. The van der Waals surface area contributed by atoms with E-state index in [9.17, 15) is 4.79 Å². The molecule has 4 heteroatoms. The predicted molar refractivity (Wildman–Crippen MR) is 41.1 cm³/mol. The van der Waals surface area contributed by atoms with Crippen LogP contribution in [0.1, 0.15) is 12.8 Å². The smallest absolute Gasteiger partial charge is 0.305 e. The molecular weight excluding hydrogens is 150 g/mol. The highest BCUT2D eigenvalue weighted by Gasteiger charge is 2.31. The molecule has 0 amide bonds. The topological polar surface area (TPSA) is 63.3 Å². The Balaban J connectivity index is 2.43. The summed E-state index contributed by atoms with van der Waals surface area (Å²) in [6.45, 7) is 0. The molecule has 1 aliphatic heterocycles. The van der Waals surface area contributed by atoms with Crippen LogP contribution >= 0.6 is 11.8 Å². The van der Waals surface area contributed by atoms with Crippen LogP contribution in [0.3, 0.4) is 0 Å². The van der Waals surface area contributed by atoms with Crippen molar-refractivity contribution in [2.24, 2.45) is 5.73 Å². The van der Waals surface area contributed by atoms with Crippen molar-refractivity contribution in [2.75, 3.05) is 11.5 Å². The lowest BCUT2D eigenvalue weighted by Gasteiger charge is -2.18. The highest BCUT2D eigenvalue weighted by Crippen LogP contribution is 2.28. The van der Waals surface area contributed by atoms with E-state index in [4.69, 9.17) is 10.8 Å². The Morgan fingerprint density at radius 2 is 2.50 bits per heavy atom. The molecule has 0 aliphatic carbocycles. The van der Waals surface area contributed by atoms with Gasteiger partial charge in [-0.25, -0.2) is 0 Å². The van der Waals surface area contributed by atoms with Crippen LogP contribution < -0.4 is 5.73 Å². The molecule has 1 rings (SSSR count). The van der Waals surface area contributed by atoms with E-state index in [-0.39, 0.29) is 6.42 Å². The van der Waals surface area contributed by atoms with Crippen molar-refractivity contribution < 1.29 is 9.90 Å². The third-order valence-electron chi connectivity index (χ3n) is 1.64. The van der Waals surface area contributed by atoms with Crippen molar-refractivity contribution in [3.8, 4) is 0 Å². The Morgan fingerprint density at radius 3 is 2.90 bits per heavy atom. The minimum Gasteiger partial charge on any atom is -0.481 e. The van der Waals surface area contributed by atoms with Crippen LogP contribution in [-0.4, -0.2) is 28.1 Å². The van der Waals surface area contributed by atoms with Gasteiger partial charge in [-0.3, -0.25) is 4.79 Å². The number of rotatable bonds is 2. The molecule has 0 spiro atoms. The molecule has 0 saturated carbocycles. The molecule has 1 saturated heterocycles. The Labute approximate surface area is 64.0 Å². The minimum absolute atomic E-state index is 0.111. The van der Waals surface area contributed by atoms with Crippen molar-refractivity contribution in [3.05, 3.63) is 0 Å². The first-order valence-electron chi connectivity index (χ1n) is 3.21. The largest absolute Gasteiger partial charge is 0.481 e. The Bertz CT molecular complexity index is 143. The summed E-state index contributed by atoms with van der Waals surface area (Å²) in [6.07, 6.45) is 0.948. The second-order valence-electron chi connectivity index (χ2n) is 2.74. The van der Waals surface area contributed by atoms with E-state index in [1.807, 2.05) is 0 Å². The standard InChI is InChI=1S/C6H11NO2S/c7-6(3-5(8)9)1-2-10-4-6/h1-4,7H2,(H,8,9). The van der Waals surface area contributed by atoms with Gasteiger partial charge in [-0.1, -0.05) is 0 Å². The number of carboxylic acid groups (broad SMARTS) is 1. The van der Waals surface area contributed by atoms with E-state index < -0.39 is 11.5 Å². The lowest BCUT2D eigenvalue weighted by atomic mass is 9.96. The molecule has 3 nitrogen and oxygen atoms in total. The van der Waals surface area contributed by atoms with E-state index in [0.717, 1.165) is 17.9 Å². The van der Waals surface area contributed by atoms with Crippen molar-refractivity contribution in [1.29, 1.82) is 0 Å². The van der Waals surface area contributed by atoms with Crippen molar-refractivity contribution >= 4 is 17.7 Å². The van der Waals surface area contributed by atoms with Gasteiger partial charge >= 0.3 is 5.97 Å². The van der Waals surface area contributed by atoms with Gasteiger partial charge in [0, 0.05) is 11.3 Å². The first-order chi connectivity index (χ1) is 4.62. The van der Waals surface area contributed by atoms with Crippen LogP contribution in [0.4, 0.5) is 0 Å². The number of thioether (sulfide) groups is 1. The second kappa shape index (κ2) is 2.80. The minimum atomic E-state index is -0.787. The SMILES string of the molecule is NC1(CC(=O)O)CCSC1. The van der Waals surface area contributed by atoms with Gasteiger partial charge in [-0.05, 0) is 12.2 Å². The molecule has 1 heterocycles. The lowest BCUT2D eigenvalue weighted by molar-refractivity contribution is -0.138. The predicted octanol–water partition coefficient (Wildman–Crippen LogP) is 0.295.